The summed E-state index contributed by atoms with van der Waals surface area (Å²) < 4.78 is 0. The molecule has 2 aliphatic carbocycles. The lowest BCUT2D eigenvalue weighted by Crippen LogP contribution is -2.48. The maximum atomic E-state index is 12.2. The van der Waals surface area contributed by atoms with E-state index >= 15 is 0 Å². The zero-order valence-corrected chi connectivity index (χ0v) is 12.4. The first-order chi connectivity index (χ1) is 7.99. The average molecular weight is 275 g/mol. The van der Waals surface area contributed by atoms with E-state index in [1.807, 2.05) is 0 Å². The number of hydrogen-bond donors (Lipinski definition) is 2. The topological polar surface area (TPSA) is 55.1 Å². The number of amides is 1. The van der Waals surface area contributed by atoms with Crippen LogP contribution in [0.1, 0.15) is 58.8 Å². The molecule has 0 aromatic heterocycles. The van der Waals surface area contributed by atoms with E-state index in [0.717, 1.165) is 25.7 Å². The molecule has 2 aliphatic rings. The molecule has 0 saturated heterocycles. The molecule has 106 valence electrons. The van der Waals surface area contributed by atoms with Crippen LogP contribution in [0.25, 0.3) is 0 Å². The molecule has 2 fully saturated rings. The molecule has 2 saturated carbocycles. The van der Waals surface area contributed by atoms with E-state index in [1.54, 1.807) is 0 Å². The Hall–Kier alpha value is -0.280. The Morgan fingerprint density at radius 2 is 1.94 bits per heavy atom. The van der Waals surface area contributed by atoms with Gasteiger partial charge in [-0.3, -0.25) is 4.79 Å². The van der Waals surface area contributed by atoms with Gasteiger partial charge in [-0.1, -0.05) is 26.7 Å². The van der Waals surface area contributed by atoms with Gasteiger partial charge in [-0.05, 0) is 37.5 Å². The quantitative estimate of drug-likeness (QED) is 0.813. The molecule has 3 atom stereocenters. The number of carbonyl (C=O) groups is 1. The first-order valence-corrected chi connectivity index (χ1v) is 7.05. The van der Waals surface area contributed by atoms with Crippen LogP contribution in [0.4, 0.5) is 0 Å². The molecule has 3 N–H and O–H groups in total. The highest BCUT2D eigenvalue weighted by Crippen LogP contribution is 2.36. The van der Waals surface area contributed by atoms with Crippen molar-refractivity contribution < 1.29 is 4.79 Å². The van der Waals surface area contributed by atoms with Gasteiger partial charge in [0.15, 0.2) is 0 Å². The minimum Gasteiger partial charge on any atom is -0.353 e. The highest BCUT2D eigenvalue weighted by atomic mass is 35.5. The van der Waals surface area contributed by atoms with Crippen molar-refractivity contribution in [2.75, 3.05) is 0 Å². The van der Waals surface area contributed by atoms with E-state index < -0.39 is 0 Å². The minimum atomic E-state index is 0. The lowest BCUT2D eigenvalue weighted by Gasteiger charge is -2.39. The Labute approximate surface area is 117 Å². The number of carbonyl (C=O) groups excluding carboxylic acids is 1. The summed E-state index contributed by atoms with van der Waals surface area (Å²) in [6.45, 7) is 4.55. The first-order valence-electron chi connectivity index (χ1n) is 7.05. The molecule has 0 aromatic carbocycles. The van der Waals surface area contributed by atoms with Gasteiger partial charge < -0.3 is 11.1 Å². The standard InChI is InChI=1S/C14H26N2O.ClH/c1-14(2)8-4-3-5-12(14)16-13(17)10-6-7-11(15)9-10;/h10-12H,3-9,15H2,1-2H3,(H,16,17);1H. The van der Waals surface area contributed by atoms with Crippen molar-refractivity contribution in [2.45, 2.75) is 70.9 Å². The van der Waals surface area contributed by atoms with Gasteiger partial charge >= 0.3 is 0 Å². The smallest absolute Gasteiger partial charge is 0.223 e. The fraction of sp³-hybridized carbons (Fsp3) is 0.929. The molecule has 0 aromatic rings. The second kappa shape index (κ2) is 6.25. The van der Waals surface area contributed by atoms with Crippen LogP contribution in [-0.2, 0) is 4.79 Å². The molecule has 18 heavy (non-hydrogen) atoms. The SMILES string of the molecule is CC1(C)CCCCC1NC(=O)C1CCC(N)C1.Cl. The lowest BCUT2D eigenvalue weighted by atomic mass is 9.73. The van der Waals surface area contributed by atoms with Gasteiger partial charge in [-0.2, -0.15) is 0 Å². The second-order valence-corrected chi connectivity index (χ2v) is 6.57. The van der Waals surface area contributed by atoms with E-state index in [4.69, 9.17) is 5.73 Å². The van der Waals surface area contributed by atoms with Crippen LogP contribution in [0.3, 0.4) is 0 Å². The monoisotopic (exact) mass is 274 g/mol. The van der Waals surface area contributed by atoms with Gasteiger partial charge in [0.2, 0.25) is 5.91 Å². The molecule has 0 aliphatic heterocycles. The van der Waals surface area contributed by atoms with Crippen LogP contribution in [0.15, 0.2) is 0 Å². The Morgan fingerprint density at radius 3 is 2.50 bits per heavy atom. The third kappa shape index (κ3) is 3.61. The van der Waals surface area contributed by atoms with Crippen molar-refractivity contribution in [1.29, 1.82) is 0 Å². The summed E-state index contributed by atoms with van der Waals surface area (Å²) in [4.78, 5) is 12.2. The number of rotatable bonds is 2. The molecule has 2 rings (SSSR count). The van der Waals surface area contributed by atoms with Crippen LogP contribution >= 0.6 is 12.4 Å². The van der Waals surface area contributed by atoms with Crippen molar-refractivity contribution in [3.63, 3.8) is 0 Å². The number of halogens is 1. The zero-order chi connectivity index (χ0) is 12.5. The molecular weight excluding hydrogens is 248 g/mol. The largest absolute Gasteiger partial charge is 0.353 e. The van der Waals surface area contributed by atoms with Gasteiger partial charge in [-0.15, -0.1) is 12.4 Å². The molecule has 0 heterocycles. The van der Waals surface area contributed by atoms with Gasteiger partial charge in [0.1, 0.15) is 0 Å². The summed E-state index contributed by atoms with van der Waals surface area (Å²) >= 11 is 0. The van der Waals surface area contributed by atoms with Crippen LogP contribution in [0.5, 0.6) is 0 Å². The van der Waals surface area contributed by atoms with Crippen molar-refractivity contribution in [2.24, 2.45) is 17.1 Å². The third-order valence-electron chi connectivity index (χ3n) is 4.67. The Bertz CT molecular complexity index is 294. The highest BCUT2D eigenvalue weighted by Gasteiger charge is 2.35. The van der Waals surface area contributed by atoms with Crippen molar-refractivity contribution in [1.82, 2.24) is 5.32 Å². The average Bonchev–Trinajstić information content (AvgIpc) is 2.68. The summed E-state index contributed by atoms with van der Waals surface area (Å²) in [6, 6.07) is 0.602. The highest BCUT2D eigenvalue weighted by molar-refractivity contribution is 5.85. The predicted octanol–water partition coefficient (Wildman–Crippen LogP) is 2.62. The Balaban J connectivity index is 0.00000162. The maximum Gasteiger partial charge on any atom is 0.223 e. The molecule has 1 amide bonds. The van der Waals surface area contributed by atoms with Crippen LogP contribution in [0.2, 0.25) is 0 Å². The van der Waals surface area contributed by atoms with Gasteiger partial charge in [0.05, 0.1) is 0 Å². The maximum absolute atomic E-state index is 12.2. The van der Waals surface area contributed by atoms with Gasteiger partial charge in [0.25, 0.3) is 0 Å². The minimum absolute atomic E-state index is 0. The summed E-state index contributed by atoms with van der Waals surface area (Å²) in [7, 11) is 0. The molecule has 0 radical (unpaired) electrons. The molecule has 3 nitrogen and oxygen atoms in total. The van der Waals surface area contributed by atoms with Crippen LogP contribution in [-0.4, -0.2) is 18.0 Å². The first kappa shape index (κ1) is 15.8. The number of nitrogens with two attached hydrogens (primary N) is 1. The summed E-state index contributed by atoms with van der Waals surface area (Å²) in [6.07, 6.45) is 7.76. The molecule has 0 spiro atoms. The Morgan fingerprint density at radius 1 is 1.22 bits per heavy atom. The Kier molecular flexibility index (Phi) is 5.47. The lowest BCUT2D eigenvalue weighted by molar-refractivity contribution is -0.126. The summed E-state index contributed by atoms with van der Waals surface area (Å²) in [5.74, 6) is 0.417. The summed E-state index contributed by atoms with van der Waals surface area (Å²) in [5.41, 5.74) is 6.13. The van der Waals surface area contributed by atoms with E-state index in [9.17, 15) is 4.79 Å². The van der Waals surface area contributed by atoms with Gasteiger partial charge in [-0.25, -0.2) is 0 Å². The van der Waals surface area contributed by atoms with Gasteiger partial charge in [0, 0.05) is 18.0 Å². The number of nitrogens with one attached hydrogen (secondary N) is 1. The molecule has 4 heteroatoms. The van der Waals surface area contributed by atoms with E-state index in [1.165, 1.54) is 19.3 Å². The fourth-order valence-electron chi connectivity index (χ4n) is 3.31. The molecular formula is C14H27ClN2O. The third-order valence-corrected chi connectivity index (χ3v) is 4.67. The van der Waals surface area contributed by atoms with E-state index in [2.05, 4.69) is 19.2 Å². The van der Waals surface area contributed by atoms with Crippen LogP contribution < -0.4 is 11.1 Å². The van der Waals surface area contributed by atoms with Crippen molar-refractivity contribution in [3.8, 4) is 0 Å². The van der Waals surface area contributed by atoms with Crippen LogP contribution in [0, 0.1) is 11.3 Å². The van der Waals surface area contributed by atoms with E-state index in [0.29, 0.717) is 6.04 Å². The van der Waals surface area contributed by atoms with Crippen molar-refractivity contribution >= 4 is 18.3 Å². The summed E-state index contributed by atoms with van der Waals surface area (Å²) in [5, 5.41) is 3.28. The number of hydrogen-bond acceptors (Lipinski definition) is 2. The normalized spacial score (nSPS) is 34.7. The second-order valence-electron chi connectivity index (χ2n) is 6.57. The molecule has 3 unspecified atom stereocenters. The van der Waals surface area contributed by atoms with E-state index in [-0.39, 0.29) is 35.7 Å². The predicted molar refractivity (Wildman–Crippen MR) is 76.7 cm³/mol. The molecule has 0 bridgehead atoms. The zero-order valence-electron chi connectivity index (χ0n) is 11.6. The van der Waals surface area contributed by atoms with Crippen molar-refractivity contribution in [3.05, 3.63) is 0 Å². The fourth-order valence-corrected chi connectivity index (χ4v) is 3.31.